The summed E-state index contributed by atoms with van der Waals surface area (Å²) < 4.78 is 5.19. The van der Waals surface area contributed by atoms with Crippen molar-refractivity contribution in [3.63, 3.8) is 0 Å². The van der Waals surface area contributed by atoms with E-state index in [4.69, 9.17) is 4.74 Å². The molecule has 3 aromatic rings. The van der Waals surface area contributed by atoms with Crippen LogP contribution in [0.15, 0.2) is 78.9 Å². The van der Waals surface area contributed by atoms with E-state index in [1.807, 2.05) is 78.9 Å². The van der Waals surface area contributed by atoms with Gasteiger partial charge in [0.25, 0.3) is 5.91 Å². The van der Waals surface area contributed by atoms with Gasteiger partial charge in [0, 0.05) is 25.1 Å². The van der Waals surface area contributed by atoms with Crippen LogP contribution < -0.4 is 10.1 Å². The van der Waals surface area contributed by atoms with E-state index in [0.717, 1.165) is 22.4 Å². The minimum atomic E-state index is -0.557. The number of nitrogens with one attached hydrogen (secondary N) is 1. The Bertz CT molecular complexity index is 1050. The molecule has 5 heteroatoms. The van der Waals surface area contributed by atoms with Gasteiger partial charge in [0.2, 0.25) is 5.91 Å². The van der Waals surface area contributed by atoms with E-state index >= 15 is 0 Å². The van der Waals surface area contributed by atoms with Gasteiger partial charge >= 0.3 is 0 Å². The lowest BCUT2D eigenvalue weighted by Crippen LogP contribution is -2.48. The van der Waals surface area contributed by atoms with E-state index < -0.39 is 6.04 Å². The van der Waals surface area contributed by atoms with E-state index in [-0.39, 0.29) is 11.8 Å². The molecule has 0 spiro atoms. The van der Waals surface area contributed by atoms with Gasteiger partial charge in [0.1, 0.15) is 11.8 Å². The third-order valence-corrected chi connectivity index (χ3v) is 5.67. The van der Waals surface area contributed by atoms with Crippen LogP contribution in [0.4, 0.5) is 0 Å². The zero-order chi connectivity index (χ0) is 21.6. The van der Waals surface area contributed by atoms with Crippen LogP contribution in [0.25, 0.3) is 0 Å². The lowest BCUT2D eigenvalue weighted by atomic mass is 10.0. The number of hydrogen-bond donors (Lipinski definition) is 1. The Morgan fingerprint density at radius 3 is 2.39 bits per heavy atom. The quantitative estimate of drug-likeness (QED) is 0.613. The minimum Gasteiger partial charge on any atom is -0.497 e. The number of nitrogens with zero attached hydrogens (tertiary/aromatic N) is 1. The van der Waals surface area contributed by atoms with Crippen LogP contribution in [0.5, 0.6) is 5.75 Å². The first kappa shape index (κ1) is 20.7. The second kappa shape index (κ2) is 9.47. The summed E-state index contributed by atoms with van der Waals surface area (Å²) in [5.41, 5.74) is 3.80. The number of carbonyl (C=O) groups is 2. The Hall–Kier alpha value is -3.60. The van der Waals surface area contributed by atoms with E-state index in [1.54, 1.807) is 12.0 Å². The summed E-state index contributed by atoms with van der Waals surface area (Å²) >= 11 is 0. The van der Waals surface area contributed by atoms with E-state index in [1.165, 1.54) is 0 Å². The number of methoxy groups -OCH3 is 1. The van der Waals surface area contributed by atoms with Crippen molar-refractivity contribution < 1.29 is 14.3 Å². The first-order chi connectivity index (χ1) is 15.2. The molecule has 31 heavy (non-hydrogen) atoms. The summed E-state index contributed by atoms with van der Waals surface area (Å²) in [7, 11) is 1.64. The number of fused-ring (bicyclic) bond motifs is 1. The standard InChI is InChI=1S/C26H26N2O3/c1-31-22-13-11-19(12-14-22)15-16-27-25(29)24(17-20-7-3-2-4-8-20)28-18-21-9-5-6-10-23(21)26(28)30/h2-14,24H,15-18H2,1H3,(H,27,29)/t24-/m0/s1. The highest BCUT2D eigenvalue weighted by atomic mass is 16.5. The Morgan fingerprint density at radius 1 is 0.968 bits per heavy atom. The van der Waals surface area contributed by atoms with Crippen LogP contribution in [0.3, 0.4) is 0 Å². The van der Waals surface area contributed by atoms with Gasteiger partial charge in [-0.05, 0) is 41.3 Å². The summed E-state index contributed by atoms with van der Waals surface area (Å²) in [6, 6.07) is 24.7. The molecule has 158 valence electrons. The molecule has 0 fully saturated rings. The second-order valence-corrected chi connectivity index (χ2v) is 7.68. The normalized spacial score (nSPS) is 13.6. The van der Waals surface area contributed by atoms with Crippen LogP contribution in [0.1, 0.15) is 27.0 Å². The largest absolute Gasteiger partial charge is 0.497 e. The fourth-order valence-corrected chi connectivity index (χ4v) is 3.95. The van der Waals surface area contributed by atoms with Gasteiger partial charge in [-0.25, -0.2) is 0 Å². The molecule has 1 aliphatic rings. The molecule has 0 aromatic heterocycles. The third-order valence-electron chi connectivity index (χ3n) is 5.67. The van der Waals surface area contributed by atoms with Crippen molar-refractivity contribution in [3.05, 3.63) is 101 Å². The first-order valence-corrected chi connectivity index (χ1v) is 10.5. The van der Waals surface area contributed by atoms with Crippen molar-refractivity contribution in [1.82, 2.24) is 10.2 Å². The van der Waals surface area contributed by atoms with Crippen molar-refractivity contribution in [1.29, 1.82) is 0 Å². The number of amides is 2. The van der Waals surface area contributed by atoms with Gasteiger partial charge in [-0.15, -0.1) is 0 Å². The second-order valence-electron chi connectivity index (χ2n) is 7.68. The lowest BCUT2D eigenvalue weighted by Gasteiger charge is -2.27. The maximum Gasteiger partial charge on any atom is 0.255 e. The molecule has 0 aliphatic carbocycles. The van der Waals surface area contributed by atoms with Gasteiger partial charge in [-0.2, -0.15) is 0 Å². The average molecular weight is 415 g/mol. The Morgan fingerprint density at radius 2 is 1.68 bits per heavy atom. The van der Waals surface area contributed by atoms with Gasteiger partial charge in [0.15, 0.2) is 0 Å². The molecule has 1 N–H and O–H groups in total. The molecule has 1 atom stereocenters. The molecule has 3 aromatic carbocycles. The highest BCUT2D eigenvalue weighted by molar-refractivity contribution is 6.01. The fraction of sp³-hybridized carbons (Fsp3) is 0.231. The number of ether oxygens (including phenoxy) is 1. The van der Waals surface area contributed by atoms with Crippen LogP contribution in [0, 0.1) is 0 Å². The summed E-state index contributed by atoms with van der Waals surface area (Å²) in [5, 5.41) is 3.04. The van der Waals surface area contributed by atoms with Crippen molar-refractivity contribution >= 4 is 11.8 Å². The minimum absolute atomic E-state index is 0.0816. The summed E-state index contributed by atoms with van der Waals surface area (Å²) in [4.78, 5) is 27.9. The molecule has 0 saturated heterocycles. The monoisotopic (exact) mass is 414 g/mol. The molecule has 4 rings (SSSR count). The van der Waals surface area contributed by atoms with Crippen LogP contribution in [0.2, 0.25) is 0 Å². The molecule has 2 amide bonds. The molecule has 0 saturated carbocycles. The fourth-order valence-electron chi connectivity index (χ4n) is 3.95. The van der Waals surface area contributed by atoms with Crippen molar-refractivity contribution in [2.45, 2.75) is 25.4 Å². The highest BCUT2D eigenvalue weighted by Crippen LogP contribution is 2.26. The van der Waals surface area contributed by atoms with Crippen molar-refractivity contribution in [3.8, 4) is 5.75 Å². The molecular formula is C26H26N2O3. The number of rotatable bonds is 8. The first-order valence-electron chi connectivity index (χ1n) is 10.5. The van der Waals surface area contributed by atoms with E-state index in [0.29, 0.717) is 31.5 Å². The highest BCUT2D eigenvalue weighted by Gasteiger charge is 2.36. The molecule has 1 aliphatic heterocycles. The number of hydrogen-bond acceptors (Lipinski definition) is 3. The zero-order valence-corrected chi connectivity index (χ0v) is 17.6. The predicted octanol–water partition coefficient (Wildman–Crippen LogP) is 3.62. The van der Waals surface area contributed by atoms with Crippen LogP contribution in [-0.4, -0.2) is 36.4 Å². The number of benzene rings is 3. The Balaban J connectivity index is 1.46. The van der Waals surface area contributed by atoms with Crippen LogP contribution >= 0.6 is 0 Å². The van der Waals surface area contributed by atoms with E-state index in [9.17, 15) is 9.59 Å². The predicted molar refractivity (Wildman–Crippen MR) is 120 cm³/mol. The van der Waals surface area contributed by atoms with Crippen LogP contribution in [-0.2, 0) is 24.2 Å². The molecule has 1 heterocycles. The third kappa shape index (κ3) is 4.77. The maximum absolute atomic E-state index is 13.2. The lowest BCUT2D eigenvalue weighted by molar-refractivity contribution is -0.125. The summed E-state index contributed by atoms with van der Waals surface area (Å²) in [6.07, 6.45) is 1.19. The summed E-state index contributed by atoms with van der Waals surface area (Å²) in [6.45, 7) is 0.962. The van der Waals surface area contributed by atoms with Gasteiger partial charge in [-0.1, -0.05) is 60.7 Å². The van der Waals surface area contributed by atoms with Gasteiger partial charge in [0.05, 0.1) is 7.11 Å². The maximum atomic E-state index is 13.2. The average Bonchev–Trinajstić information content (AvgIpc) is 3.15. The topological polar surface area (TPSA) is 58.6 Å². The number of carbonyl (C=O) groups excluding carboxylic acids is 2. The molecular weight excluding hydrogens is 388 g/mol. The molecule has 0 radical (unpaired) electrons. The smallest absolute Gasteiger partial charge is 0.255 e. The Kier molecular flexibility index (Phi) is 6.32. The van der Waals surface area contributed by atoms with Crippen molar-refractivity contribution in [2.75, 3.05) is 13.7 Å². The molecule has 0 unspecified atom stereocenters. The van der Waals surface area contributed by atoms with Gasteiger partial charge < -0.3 is 15.0 Å². The summed E-state index contributed by atoms with van der Waals surface area (Å²) in [5.74, 6) is 0.600. The van der Waals surface area contributed by atoms with Crippen molar-refractivity contribution in [2.24, 2.45) is 0 Å². The molecule has 5 nitrogen and oxygen atoms in total. The Labute approximate surface area is 182 Å². The zero-order valence-electron chi connectivity index (χ0n) is 17.6. The molecule has 0 bridgehead atoms. The van der Waals surface area contributed by atoms with E-state index in [2.05, 4.69) is 5.32 Å². The SMILES string of the molecule is COc1ccc(CCNC(=O)[C@H](Cc2ccccc2)N2Cc3ccccc3C2=O)cc1. The van der Waals surface area contributed by atoms with Gasteiger partial charge in [-0.3, -0.25) is 9.59 Å².